The van der Waals surface area contributed by atoms with E-state index in [1.54, 1.807) is 4.90 Å². The van der Waals surface area contributed by atoms with E-state index in [4.69, 9.17) is 10.5 Å². The average Bonchev–Trinajstić information content (AvgIpc) is 2.87. The molecule has 2 N–H and O–H groups in total. The van der Waals surface area contributed by atoms with E-state index in [1.807, 2.05) is 31.3 Å². The first-order valence-electron chi connectivity index (χ1n) is 7.24. The van der Waals surface area contributed by atoms with Crippen molar-refractivity contribution in [3.63, 3.8) is 0 Å². The van der Waals surface area contributed by atoms with Crippen LogP contribution in [0.2, 0.25) is 0 Å². The molecule has 1 aromatic rings. The van der Waals surface area contributed by atoms with E-state index in [9.17, 15) is 4.79 Å². The summed E-state index contributed by atoms with van der Waals surface area (Å²) >= 11 is 0. The Bertz CT molecular complexity index is 448. The Morgan fingerprint density at radius 2 is 2.15 bits per heavy atom. The zero-order valence-corrected chi connectivity index (χ0v) is 12.5. The maximum atomic E-state index is 12.4. The molecule has 0 aromatic heterocycles. The van der Waals surface area contributed by atoms with Gasteiger partial charge in [0.1, 0.15) is 5.75 Å². The molecule has 4 nitrogen and oxygen atoms in total. The number of fused-ring (bicyclic) bond motifs is 1. The Morgan fingerprint density at radius 1 is 1.45 bits per heavy atom. The minimum atomic E-state index is -0.382. The van der Waals surface area contributed by atoms with E-state index in [-0.39, 0.29) is 18.1 Å². The Morgan fingerprint density at radius 3 is 2.80 bits per heavy atom. The van der Waals surface area contributed by atoms with Crippen LogP contribution in [0.5, 0.6) is 5.75 Å². The van der Waals surface area contributed by atoms with Crippen LogP contribution in [-0.2, 0) is 11.2 Å². The summed E-state index contributed by atoms with van der Waals surface area (Å²) in [6.07, 6.45) is 1.10. The van der Waals surface area contributed by atoms with Crippen molar-refractivity contribution in [2.24, 2.45) is 11.7 Å². The molecule has 0 bridgehead atoms. The van der Waals surface area contributed by atoms with Crippen molar-refractivity contribution < 1.29 is 9.53 Å². The number of nitrogens with zero attached hydrogens (tertiary/aromatic N) is 1. The van der Waals surface area contributed by atoms with Gasteiger partial charge in [-0.25, -0.2) is 0 Å². The highest BCUT2D eigenvalue weighted by Gasteiger charge is 2.30. The smallest absolute Gasteiger partial charge is 0.263 e. The van der Waals surface area contributed by atoms with Gasteiger partial charge < -0.3 is 15.4 Å². The molecule has 2 atom stereocenters. The number of para-hydroxylation sites is 1. The molecule has 0 spiro atoms. The largest absolute Gasteiger partial charge is 0.480 e. The van der Waals surface area contributed by atoms with Gasteiger partial charge in [0.05, 0.1) is 0 Å². The molecule has 2 rings (SSSR count). The number of carbonyl (C=O) groups is 1. The highest BCUT2D eigenvalue weighted by molar-refractivity contribution is 5.82. The SMILES string of the molecule is CC(C)C(N)CCN(C)C(=O)C1Cc2ccccc2O1. The average molecular weight is 276 g/mol. The number of benzene rings is 1. The number of ether oxygens (including phenoxy) is 1. The van der Waals surface area contributed by atoms with Crippen molar-refractivity contribution in [2.75, 3.05) is 13.6 Å². The third-order valence-electron chi connectivity index (χ3n) is 3.95. The molecule has 1 aromatic carbocycles. The summed E-state index contributed by atoms with van der Waals surface area (Å²) < 4.78 is 5.72. The van der Waals surface area contributed by atoms with Crippen molar-refractivity contribution >= 4 is 5.91 Å². The predicted molar refractivity (Wildman–Crippen MR) is 79.6 cm³/mol. The van der Waals surface area contributed by atoms with Crippen molar-refractivity contribution in [1.29, 1.82) is 0 Å². The second-order valence-electron chi connectivity index (χ2n) is 5.87. The second-order valence-corrected chi connectivity index (χ2v) is 5.87. The number of hydrogen-bond donors (Lipinski definition) is 1. The fourth-order valence-corrected chi connectivity index (χ4v) is 2.35. The van der Waals surface area contributed by atoms with Gasteiger partial charge in [-0.05, 0) is 24.0 Å². The Kier molecular flexibility index (Phi) is 4.65. The molecular weight excluding hydrogens is 252 g/mol. The van der Waals surface area contributed by atoms with E-state index in [0.29, 0.717) is 18.9 Å². The van der Waals surface area contributed by atoms with E-state index >= 15 is 0 Å². The zero-order chi connectivity index (χ0) is 14.7. The number of carbonyl (C=O) groups excluding carboxylic acids is 1. The van der Waals surface area contributed by atoms with Crippen molar-refractivity contribution in [1.82, 2.24) is 4.90 Å². The van der Waals surface area contributed by atoms with Gasteiger partial charge in [-0.3, -0.25) is 4.79 Å². The molecule has 4 heteroatoms. The Labute approximate surface area is 120 Å². The lowest BCUT2D eigenvalue weighted by Crippen LogP contribution is -2.41. The van der Waals surface area contributed by atoms with Gasteiger partial charge in [0, 0.05) is 26.1 Å². The van der Waals surface area contributed by atoms with Crippen LogP contribution in [0, 0.1) is 5.92 Å². The van der Waals surface area contributed by atoms with Crippen molar-refractivity contribution in [2.45, 2.75) is 38.8 Å². The summed E-state index contributed by atoms with van der Waals surface area (Å²) in [7, 11) is 1.82. The fraction of sp³-hybridized carbons (Fsp3) is 0.562. The number of rotatable bonds is 5. The molecule has 1 heterocycles. The molecule has 0 aliphatic carbocycles. The fourth-order valence-electron chi connectivity index (χ4n) is 2.35. The van der Waals surface area contributed by atoms with Gasteiger partial charge in [-0.15, -0.1) is 0 Å². The zero-order valence-electron chi connectivity index (χ0n) is 12.5. The van der Waals surface area contributed by atoms with E-state index in [2.05, 4.69) is 13.8 Å². The molecule has 0 fully saturated rings. The first-order valence-corrected chi connectivity index (χ1v) is 7.24. The molecule has 0 radical (unpaired) electrons. The third kappa shape index (κ3) is 3.31. The summed E-state index contributed by atoms with van der Waals surface area (Å²) in [5, 5.41) is 0. The van der Waals surface area contributed by atoms with Crippen LogP contribution < -0.4 is 10.5 Å². The van der Waals surface area contributed by atoms with E-state index < -0.39 is 0 Å². The second kappa shape index (κ2) is 6.27. The van der Waals surface area contributed by atoms with E-state index in [0.717, 1.165) is 17.7 Å². The van der Waals surface area contributed by atoms with Crippen molar-refractivity contribution in [3.05, 3.63) is 29.8 Å². The quantitative estimate of drug-likeness (QED) is 0.892. The van der Waals surface area contributed by atoms with Crippen LogP contribution in [-0.4, -0.2) is 36.5 Å². The van der Waals surface area contributed by atoms with Crippen LogP contribution in [0.15, 0.2) is 24.3 Å². The summed E-state index contributed by atoms with van der Waals surface area (Å²) in [6, 6.07) is 7.96. The van der Waals surface area contributed by atoms with Gasteiger partial charge in [0.15, 0.2) is 6.10 Å². The molecule has 110 valence electrons. The number of nitrogens with two attached hydrogens (primary N) is 1. The first-order chi connectivity index (χ1) is 9.49. The first kappa shape index (κ1) is 14.9. The highest BCUT2D eigenvalue weighted by Crippen LogP contribution is 2.28. The molecule has 1 aliphatic rings. The number of amides is 1. The van der Waals surface area contributed by atoms with Gasteiger partial charge >= 0.3 is 0 Å². The minimum Gasteiger partial charge on any atom is -0.480 e. The lowest BCUT2D eigenvalue weighted by molar-refractivity contribution is -0.136. The molecule has 1 aliphatic heterocycles. The van der Waals surface area contributed by atoms with E-state index in [1.165, 1.54) is 0 Å². The minimum absolute atomic E-state index is 0.0390. The Balaban J connectivity index is 1.87. The maximum absolute atomic E-state index is 12.4. The summed E-state index contributed by atoms with van der Waals surface area (Å²) in [5.74, 6) is 1.31. The monoisotopic (exact) mass is 276 g/mol. The standard InChI is InChI=1S/C16H24N2O2/c1-11(2)13(17)8-9-18(3)16(19)15-10-12-6-4-5-7-14(12)20-15/h4-7,11,13,15H,8-10,17H2,1-3H3. The molecule has 0 saturated carbocycles. The Hall–Kier alpha value is -1.55. The predicted octanol–water partition coefficient (Wildman–Crippen LogP) is 1.82. The molecule has 0 saturated heterocycles. The normalized spacial score (nSPS) is 18.6. The van der Waals surface area contributed by atoms with Gasteiger partial charge in [-0.1, -0.05) is 32.0 Å². The van der Waals surface area contributed by atoms with Gasteiger partial charge in [0.2, 0.25) is 0 Å². The third-order valence-corrected chi connectivity index (χ3v) is 3.95. The lowest BCUT2D eigenvalue weighted by Gasteiger charge is -2.23. The summed E-state index contributed by atoms with van der Waals surface area (Å²) in [4.78, 5) is 14.1. The van der Waals surface area contributed by atoms with Crippen LogP contribution in [0.3, 0.4) is 0 Å². The summed E-state index contributed by atoms with van der Waals surface area (Å²) in [6.45, 7) is 4.88. The van der Waals surface area contributed by atoms with Gasteiger partial charge in [0.25, 0.3) is 5.91 Å². The highest BCUT2D eigenvalue weighted by atomic mass is 16.5. The molecule has 1 amide bonds. The molecule has 2 unspecified atom stereocenters. The van der Waals surface area contributed by atoms with Crippen LogP contribution in [0.4, 0.5) is 0 Å². The lowest BCUT2D eigenvalue weighted by atomic mass is 10.0. The maximum Gasteiger partial charge on any atom is 0.263 e. The van der Waals surface area contributed by atoms with Crippen LogP contribution in [0.25, 0.3) is 0 Å². The number of likely N-dealkylation sites (N-methyl/N-ethyl adjacent to an activating group) is 1. The topological polar surface area (TPSA) is 55.6 Å². The van der Waals surface area contributed by atoms with Crippen LogP contribution >= 0.6 is 0 Å². The molecular formula is C16H24N2O2. The van der Waals surface area contributed by atoms with Gasteiger partial charge in [-0.2, -0.15) is 0 Å². The van der Waals surface area contributed by atoms with Crippen LogP contribution in [0.1, 0.15) is 25.8 Å². The summed E-state index contributed by atoms with van der Waals surface area (Å²) in [5.41, 5.74) is 7.13. The van der Waals surface area contributed by atoms with Crippen molar-refractivity contribution in [3.8, 4) is 5.75 Å². The molecule has 20 heavy (non-hydrogen) atoms. The number of hydrogen-bond acceptors (Lipinski definition) is 3.